The summed E-state index contributed by atoms with van der Waals surface area (Å²) >= 11 is 6.95. The van der Waals surface area contributed by atoms with Crippen molar-refractivity contribution in [2.24, 2.45) is 11.8 Å². The average molecular weight is 412 g/mol. The normalized spacial score (nSPS) is 28.0. The highest BCUT2D eigenvalue weighted by molar-refractivity contribution is 8.26. The summed E-state index contributed by atoms with van der Waals surface area (Å²) in [6, 6.07) is 11.8. The van der Waals surface area contributed by atoms with E-state index in [-0.39, 0.29) is 5.91 Å². The lowest BCUT2D eigenvalue weighted by Crippen LogP contribution is -2.41. The molecule has 2 aliphatic carbocycles. The SMILES string of the molecule is COc1ccc(-c2ccc(/C=C3/SC(=S)N(C4CC5CCC4C5)C3=O)o2)cc1. The van der Waals surface area contributed by atoms with Gasteiger partial charge in [0.25, 0.3) is 5.91 Å². The molecule has 2 saturated carbocycles. The van der Waals surface area contributed by atoms with Crippen molar-refractivity contribution < 1.29 is 13.9 Å². The summed E-state index contributed by atoms with van der Waals surface area (Å²) in [7, 11) is 1.65. The van der Waals surface area contributed by atoms with Gasteiger partial charge in [0.15, 0.2) is 0 Å². The lowest BCUT2D eigenvalue weighted by molar-refractivity contribution is -0.124. The van der Waals surface area contributed by atoms with Crippen LogP contribution in [0.1, 0.15) is 31.4 Å². The van der Waals surface area contributed by atoms with Gasteiger partial charge in [0, 0.05) is 17.7 Å². The average Bonchev–Trinajstić information content (AvgIpc) is 3.48. The molecule has 3 aliphatic rings. The van der Waals surface area contributed by atoms with Crippen LogP contribution in [0.25, 0.3) is 17.4 Å². The van der Waals surface area contributed by atoms with Crippen molar-refractivity contribution in [1.82, 2.24) is 4.90 Å². The van der Waals surface area contributed by atoms with E-state index in [0.717, 1.165) is 29.4 Å². The van der Waals surface area contributed by atoms with E-state index >= 15 is 0 Å². The van der Waals surface area contributed by atoms with E-state index in [1.807, 2.05) is 47.4 Å². The van der Waals surface area contributed by atoms with Crippen LogP contribution in [0.2, 0.25) is 0 Å². The van der Waals surface area contributed by atoms with Crippen LogP contribution in [-0.2, 0) is 4.79 Å². The first-order valence-electron chi connectivity index (χ1n) is 9.63. The van der Waals surface area contributed by atoms with Crippen LogP contribution in [0.3, 0.4) is 0 Å². The largest absolute Gasteiger partial charge is 0.497 e. The molecule has 1 aromatic carbocycles. The Labute approximate surface area is 173 Å². The molecule has 28 heavy (non-hydrogen) atoms. The zero-order valence-corrected chi connectivity index (χ0v) is 17.2. The first-order valence-corrected chi connectivity index (χ1v) is 10.9. The Hall–Kier alpha value is -2.05. The predicted octanol–water partition coefficient (Wildman–Crippen LogP) is 5.35. The minimum Gasteiger partial charge on any atom is -0.497 e. The third-order valence-corrected chi connectivity index (χ3v) is 7.46. The monoisotopic (exact) mass is 411 g/mol. The van der Waals surface area contributed by atoms with Gasteiger partial charge in [0.1, 0.15) is 21.6 Å². The summed E-state index contributed by atoms with van der Waals surface area (Å²) in [4.78, 5) is 15.6. The molecular weight excluding hydrogens is 390 g/mol. The van der Waals surface area contributed by atoms with Crippen LogP contribution in [0, 0.1) is 11.8 Å². The number of rotatable bonds is 4. The number of thiocarbonyl (C=S) groups is 1. The maximum Gasteiger partial charge on any atom is 0.266 e. The topological polar surface area (TPSA) is 42.7 Å². The first kappa shape index (κ1) is 18.0. The summed E-state index contributed by atoms with van der Waals surface area (Å²) in [5.41, 5.74) is 0.968. The molecule has 1 aliphatic heterocycles. The maximum absolute atomic E-state index is 13.0. The summed E-state index contributed by atoms with van der Waals surface area (Å²) < 4.78 is 11.8. The fourth-order valence-corrected chi connectivity index (χ4v) is 6.12. The van der Waals surface area contributed by atoms with Gasteiger partial charge >= 0.3 is 0 Å². The molecule has 0 spiro atoms. The first-order chi connectivity index (χ1) is 13.6. The number of furan rings is 1. The molecule has 1 saturated heterocycles. The molecule has 2 bridgehead atoms. The third kappa shape index (κ3) is 3.08. The summed E-state index contributed by atoms with van der Waals surface area (Å²) in [6.07, 6.45) is 6.72. The molecule has 4 nitrogen and oxygen atoms in total. The standard InChI is InChI=1S/C22H21NO3S2/c1-25-16-6-4-14(5-7-16)19-9-8-17(26-19)12-20-21(24)23(22(27)28-20)18-11-13-2-3-15(18)10-13/h4-9,12-13,15,18H,2-3,10-11H2,1H3/b20-12+. The zero-order valence-electron chi connectivity index (χ0n) is 15.6. The van der Waals surface area contributed by atoms with Gasteiger partial charge in [-0.1, -0.05) is 30.4 Å². The van der Waals surface area contributed by atoms with Crippen LogP contribution < -0.4 is 4.74 Å². The fraction of sp³-hybridized carbons (Fsp3) is 0.364. The number of hydrogen-bond donors (Lipinski definition) is 0. The molecule has 0 N–H and O–H groups in total. The second kappa shape index (κ2) is 7.08. The van der Waals surface area contributed by atoms with Gasteiger partial charge in [-0.05, 0) is 67.5 Å². The van der Waals surface area contributed by atoms with E-state index < -0.39 is 0 Å². The zero-order chi connectivity index (χ0) is 19.3. The number of benzene rings is 1. The van der Waals surface area contributed by atoms with Gasteiger partial charge in [-0.3, -0.25) is 9.69 Å². The van der Waals surface area contributed by atoms with Crippen LogP contribution in [-0.4, -0.2) is 28.3 Å². The number of carbonyl (C=O) groups is 1. The molecule has 6 heteroatoms. The van der Waals surface area contributed by atoms with Crippen molar-refractivity contribution in [1.29, 1.82) is 0 Å². The van der Waals surface area contributed by atoms with Gasteiger partial charge < -0.3 is 9.15 Å². The Kier molecular flexibility index (Phi) is 4.56. The van der Waals surface area contributed by atoms with Gasteiger partial charge in [-0.25, -0.2) is 0 Å². The van der Waals surface area contributed by atoms with E-state index in [0.29, 0.717) is 26.9 Å². The van der Waals surface area contributed by atoms with Gasteiger partial charge in [0.2, 0.25) is 0 Å². The molecule has 3 atom stereocenters. The Morgan fingerprint density at radius 3 is 2.68 bits per heavy atom. The van der Waals surface area contributed by atoms with Gasteiger partial charge in [-0.2, -0.15) is 0 Å². The molecule has 5 rings (SSSR count). The van der Waals surface area contributed by atoms with Crippen molar-refractivity contribution in [3.8, 4) is 17.1 Å². The molecule has 2 heterocycles. The van der Waals surface area contributed by atoms with E-state index in [1.54, 1.807) is 7.11 Å². The smallest absolute Gasteiger partial charge is 0.266 e. The number of carbonyl (C=O) groups excluding carboxylic acids is 1. The van der Waals surface area contributed by atoms with Crippen molar-refractivity contribution in [3.05, 3.63) is 47.1 Å². The Morgan fingerprint density at radius 1 is 1.18 bits per heavy atom. The summed E-state index contributed by atoms with van der Waals surface area (Å²) in [5, 5.41) is 0. The van der Waals surface area contributed by atoms with Gasteiger partial charge in [0.05, 0.1) is 12.0 Å². The van der Waals surface area contributed by atoms with E-state index in [2.05, 4.69) is 0 Å². The highest BCUT2D eigenvalue weighted by Crippen LogP contribution is 2.49. The lowest BCUT2D eigenvalue weighted by Gasteiger charge is -2.30. The minimum absolute atomic E-state index is 0.0370. The van der Waals surface area contributed by atoms with E-state index in [9.17, 15) is 4.79 Å². The molecule has 2 aromatic rings. The number of nitrogens with zero attached hydrogens (tertiary/aromatic N) is 1. The van der Waals surface area contributed by atoms with Crippen LogP contribution in [0.15, 0.2) is 45.7 Å². The second-order valence-electron chi connectivity index (χ2n) is 7.72. The van der Waals surface area contributed by atoms with Crippen molar-refractivity contribution in [2.75, 3.05) is 7.11 Å². The summed E-state index contributed by atoms with van der Waals surface area (Å²) in [5.74, 6) is 3.67. The highest BCUT2D eigenvalue weighted by Gasteiger charge is 2.47. The number of thioether (sulfide) groups is 1. The number of ether oxygens (including phenoxy) is 1. The molecule has 3 fully saturated rings. The van der Waals surface area contributed by atoms with Gasteiger partial charge in [-0.15, -0.1) is 0 Å². The Balaban J connectivity index is 1.35. The number of fused-ring (bicyclic) bond motifs is 2. The lowest BCUT2D eigenvalue weighted by atomic mass is 9.94. The molecule has 1 amide bonds. The minimum atomic E-state index is 0.0370. The Morgan fingerprint density at radius 2 is 2.00 bits per heavy atom. The molecule has 3 unspecified atom stereocenters. The molecule has 1 aromatic heterocycles. The predicted molar refractivity (Wildman–Crippen MR) is 115 cm³/mol. The molecule has 144 valence electrons. The molecular formula is C22H21NO3S2. The molecule has 0 radical (unpaired) electrons. The second-order valence-corrected chi connectivity index (χ2v) is 9.40. The quantitative estimate of drug-likeness (QED) is 0.501. The number of hydrogen-bond acceptors (Lipinski definition) is 5. The third-order valence-electron chi connectivity index (χ3n) is 6.13. The van der Waals surface area contributed by atoms with Crippen molar-refractivity contribution >= 4 is 40.3 Å². The fourth-order valence-electron chi connectivity index (χ4n) is 4.76. The van der Waals surface area contributed by atoms with Crippen molar-refractivity contribution in [3.63, 3.8) is 0 Å². The number of methoxy groups -OCH3 is 1. The van der Waals surface area contributed by atoms with Crippen LogP contribution >= 0.6 is 24.0 Å². The highest BCUT2D eigenvalue weighted by atomic mass is 32.2. The Bertz CT molecular complexity index is 962. The van der Waals surface area contributed by atoms with Crippen LogP contribution in [0.5, 0.6) is 5.75 Å². The van der Waals surface area contributed by atoms with Crippen LogP contribution in [0.4, 0.5) is 0 Å². The van der Waals surface area contributed by atoms with Crippen molar-refractivity contribution in [2.45, 2.75) is 31.7 Å². The maximum atomic E-state index is 13.0. The van der Waals surface area contributed by atoms with E-state index in [4.69, 9.17) is 21.4 Å². The number of amides is 1. The van der Waals surface area contributed by atoms with E-state index in [1.165, 1.54) is 31.0 Å². The summed E-state index contributed by atoms with van der Waals surface area (Å²) in [6.45, 7) is 0.